The average Bonchev–Trinajstić information content (AvgIpc) is 2.56. The van der Waals surface area contributed by atoms with Crippen molar-refractivity contribution in [1.82, 2.24) is 10.2 Å². The maximum atomic E-state index is 12.3. The van der Waals surface area contributed by atoms with Crippen molar-refractivity contribution in [2.75, 3.05) is 32.9 Å². The molecule has 0 spiro atoms. The molecule has 0 radical (unpaired) electrons. The number of carbonyl (C=O) groups is 2. The number of hydrogen-bond donors (Lipinski definition) is 2. The molecule has 1 aliphatic heterocycles. The van der Waals surface area contributed by atoms with E-state index in [0.717, 1.165) is 5.56 Å². The van der Waals surface area contributed by atoms with Gasteiger partial charge < -0.3 is 20.1 Å². The predicted molar refractivity (Wildman–Crippen MR) is 85.8 cm³/mol. The molecule has 2 rings (SSSR count). The summed E-state index contributed by atoms with van der Waals surface area (Å²) in [5.41, 5.74) is 0.951. The zero-order chi connectivity index (χ0) is 16.5. The molecule has 2 amide bonds. The van der Waals surface area contributed by atoms with E-state index in [1.807, 2.05) is 30.3 Å². The van der Waals surface area contributed by atoms with E-state index in [-0.39, 0.29) is 30.9 Å². The number of morpholine rings is 1. The zero-order valence-corrected chi connectivity index (χ0v) is 13.2. The van der Waals surface area contributed by atoms with Crippen LogP contribution in [-0.4, -0.2) is 60.8 Å². The van der Waals surface area contributed by atoms with Crippen LogP contribution in [0.1, 0.15) is 18.4 Å². The Kier molecular flexibility index (Phi) is 7.03. The number of amides is 2. The van der Waals surface area contributed by atoms with Crippen LogP contribution in [0.3, 0.4) is 0 Å². The summed E-state index contributed by atoms with van der Waals surface area (Å²) < 4.78 is 5.35. The summed E-state index contributed by atoms with van der Waals surface area (Å²) in [5, 5.41) is 11.8. The van der Waals surface area contributed by atoms with Gasteiger partial charge in [0.15, 0.2) is 0 Å². The number of nitrogens with one attached hydrogen (secondary N) is 1. The van der Waals surface area contributed by atoms with Crippen LogP contribution in [-0.2, 0) is 20.7 Å². The van der Waals surface area contributed by atoms with Crippen molar-refractivity contribution in [1.29, 1.82) is 0 Å². The summed E-state index contributed by atoms with van der Waals surface area (Å²) in [6.45, 7) is 1.89. The van der Waals surface area contributed by atoms with Gasteiger partial charge in [-0.1, -0.05) is 30.3 Å². The molecule has 0 aromatic heterocycles. The van der Waals surface area contributed by atoms with Gasteiger partial charge in [-0.3, -0.25) is 9.59 Å². The minimum absolute atomic E-state index is 0.00763. The van der Waals surface area contributed by atoms with Gasteiger partial charge in [-0.05, 0) is 12.0 Å². The second-order valence-corrected chi connectivity index (χ2v) is 5.59. The highest BCUT2D eigenvalue weighted by Crippen LogP contribution is 2.11. The van der Waals surface area contributed by atoms with E-state index >= 15 is 0 Å². The number of ether oxygens (including phenoxy) is 1. The van der Waals surface area contributed by atoms with Gasteiger partial charge in [0.2, 0.25) is 11.8 Å². The van der Waals surface area contributed by atoms with E-state index in [2.05, 4.69) is 5.32 Å². The third kappa shape index (κ3) is 5.65. The highest BCUT2D eigenvalue weighted by Gasteiger charge is 2.26. The number of hydrogen-bond acceptors (Lipinski definition) is 4. The Morgan fingerprint density at radius 1 is 1.30 bits per heavy atom. The first-order chi connectivity index (χ1) is 11.2. The first-order valence-electron chi connectivity index (χ1n) is 7.99. The van der Waals surface area contributed by atoms with Gasteiger partial charge in [0.1, 0.15) is 0 Å². The van der Waals surface area contributed by atoms with E-state index in [4.69, 9.17) is 9.84 Å². The first-order valence-corrected chi connectivity index (χ1v) is 7.99. The fourth-order valence-corrected chi connectivity index (χ4v) is 2.67. The lowest BCUT2D eigenvalue weighted by molar-refractivity contribution is -0.140. The molecule has 6 nitrogen and oxygen atoms in total. The van der Waals surface area contributed by atoms with E-state index in [9.17, 15) is 9.59 Å². The molecule has 0 aliphatic carbocycles. The second kappa shape index (κ2) is 9.27. The minimum Gasteiger partial charge on any atom is -0.396 e. The Balaban J connectivity index is 1.72. The van der Waals surface area contributed by atoms with Crippen LogP contribution in [0, 0.1) is 0 Å². The summed E-state index contributed by atoms with van der Waals surface area (Å²) in [5.74, 6) is -0.0929. The summed E-state index contributed by atoms with van der Waals surface area (Å²) in [4.78, 5) is 25.9. The quantitative estimate of drug-likeness (QED) is 0.760. The van der Waals surface area contributed by atoms with Crippen LogP contribution < -0.4 is 5.32 Å². The third-order valence-corrected chi connectivity index (χ3v) is 3.88. The van der Waals surface area contributed by atoms with Crippen LogP contribution in [0.4, 0.5) is 0 Å². The molecule has 1 saturated heterocycles. The molecule has 1 heterocycles. The molecule has 0 saturated carbocycles. The predicted octanol–water partition coefficient (Wildman–Crippen LogP) is 0.345. The van der Waals surface area contributed by atoms with Gasteiger partial charge in [-0.2, -0.15) is 0 Å². The molecular weight excluding hydrogens is 296 g/mol. The van der Waals surface area contributed by atoms with E-state index in [1.54, 1.807) is 4.90 Å². The molecule has 0 bridgehead atoms. The summed E-state index contributed by atoms with van der Waals surface area (Å²) in [7, 11) is 0. The van der Waals surface area contributed by atoms with Crippen molar-refractivity contribution in [2.24, 2.45) is 0 Å². The molecule has 2 N–H and O–H groups in total. The lowest BCUT2D eigenvalue weighted by Gasteiger charge is -2.35. The fourth-order valence-electron chi connectivity index (χ4n) is 2.67. The lowest BCUT2D eigenvalue weighted by atomic mass is 10.1. The summed E-state index contributed by atoms with van der Waals surface area (Å²) in [6, 6.07) is 9.43. The van der Waals surface area contributed by atoms with Crippen molar-refractivity contribution in [3.63, 3.8) is 0 Å². The molecule has 23 heavy (non-hydrogen) atoms. The molecule has 1 atom stereocenters. The second-order valence-electron chi connectivity index (χ2n) is 5.59. The van der Waals surface area contributed by atoms with Crippen molar-refractivity contribution >= 4 is 11.8 Å². The van der Waals surface area contributed by atoms with Gasteiger partial charge in [-0.25, -0.2) is 0 Å². The zero-order valence-electron chi connectivity index (χ0n) is 13.2. The van der Waals surface area contributed by atoms with Gasteiger partial charge in [0.25, 0.3) is 0 Å². The Hall–Kier alpha value is -1.92. The topological polar surface area (TPSA) is 78.9 Å². The monoisotopic (exact) mass is 320 g/mol. The Morgan fingerprint density at radius 2 is 2.09 bits per heavy atom. The third-order valence-electron chi connectivity index (χ3n) is 3.88. The molecule has 1 aromatic carbocycles. The fraction of sp³-hybridized carbons (Fsp3) is 0.529. The standard InChI is InChI=1S/C17H24N2O4/c20-10-7-15-13-23-11-9-19(15)17(22)6-8-18-16(21)12-14-4-2-1-3-5-14/h1-5,15,20H,6-13H2,(H,18,21). The largest absolute Gasteiger partial charge is 0.396 e. The van der Waals surface area contributed by atoms with Crippen LogP contribution in [0.5, 0.6) is 0 Å². The van der Waals surface area contributed by atoms with Gasteiger partial charge in [0.05, 0.1) is 25.7 Å². The molecule has 126 valence electrons. The van der Waals surface area contributed by atoms with Crippen LogP contribution in [0.15, 0.2) is 30.3 Å². The highest BCUT2D eigenvalue weighted by atomic mass is 16.5. The number of nitrogens with zero attached hydrogens (tertiary/aromatic N) is 1. The number of aliphatic hydroxyl groups is 1. The average molecular weight is 320 g/mol. The molecular formula is C17H24N2O4. The van der Waals surface area contributed by atoms with Gasteiger partial charge >= 0.3 is 0 Å². The maximum absolute atomic E-state index is 12.3. The molecule has 1 aromatic rings. The first kappa shape index (κ1) is 17.4. The molecule has 1 fully saturated rings. The van der Waals surface area contributed by atoms with Crippen molar-refractivity contribution in [3.05, 3.63) is 35.9 Å². The molecule has 1 unspecified atom stereocenters. The smallest absolute Gasteiger partial charge is 0.224 e. The number of aliphatic hydroxyl groups excluding tert-OH is 1. The minimum atomic E-state index is -0.0853. The highest BCUT2D eigenvalue weighted by molar-refractivity contribution is 5.80. The normalized spacial score (nSPS) is 17.8. The van der Waals surface area contributed by atoms with Crippen molar-refractivity contribution in [3.8, 4) is 0 Å². The number of benzene rings is 1. The Labute approximate surface area is 136 Å². The number of carbonyl (C=O) groups excluding carboxylic acids is 2. The lowest BCUT2D eigenvalue weighted by Crippen LogP contribution is -2.49. The Bertz CT molecular complexity index is 505. The number of rotatable bonds is 7. The van der Waals surface area contributed by atoms with Crippen molar-refractivity contribution in [2.45, 2.75) is 25.3 Å². The summed E-state index contributed by atoms with van der Waals surface area (Å²) >= 11 is 0. The van der Waals surface area contributed by atoms with Crippen molar-refractivity contribution < 1.29 is 19.4 Å². The van der Waals surface area contributed by atoms with E-state index < -0.39 is 0 Å². The SMILES string of the molecule is O=C(Cc1ccccc1)NCCC(=O)N1CCOCC1CCO. The maximum Gasteiger partial charge on any atom is 0.224 e. The summed E-state index contributed by atoms with van der Waals surface area (Å²) in [6.07, 6.45) is 1.11. The van der Waals surface area contributed by atoms with Crippen LogP contribution in [0.25, 0.3) is 0 Å². The molecule has 6 heteroatoms. The van der Waals surface area contributed by atoms with Gasteiger partial charge in [-0.15, -0.1) is 0 Å². The van der Waals surface area contributed by atoms with E-state index in [1.165, 1.54) is 0 Å². The van der Waals surface area contributed by atoms with E-state index in [0.29, 0.717) is 39.1 Å². The van der Waals surface area contributed by atoms with Crippen LogP contribution >= 0.6 is 0 Å². The molecule has 1 aliphatic rings. The Morgan fingerprint density at radius 3 is 2.83 bits per heavy atom. The van der Waals surface area contributed by atoms with Crippen LogP contribution in [0.2, 0.25) is 0 Å². The van der Waals surface area contributed by atoms with Gasteiger partial charge in [0, 0.05) is 26.1 Å².